The van der Waals surface area contributed by atoms with Gasteiger partial charge in [-0.3, -0.25) is 0 Å². The van der Waals surface area contributed by atoms with E-state index in [9.17, 15) is 5.26 Å². The largest absolute Gasteiger partial charge is 0.455 e. The third-order valence-electron chi connectivity index (χ3n) is 8.73. The van der Waals surface area contributed by atoms with Crippen LogP contribution < -0.4 is 0 Å². The van der Waals surface area contributed by atoms with E-state index in [-0.39, 0.29) is 0 Å². The van der Waals surface area contributed by atoms with Crippen molar-refractivity contribution in [2.45, 2.75) is 13.8 Å². The third kappa shape index (κ3) is 3.31. The number of furan rings is 2. The van der Waals surface area contributed by atoms with Gasteiger partial charge in [0.15, 0.2) is 11.2 Å². The van der Waals surface area contributed by atoms with E-state index in [4.69, 9.17) is 8.83 Å². The Morgan fingerprint density at radius 2 is 1.33 bits per heavy atom. The highest BCUT2D eigenvalue weighted by Crippen LogP contribution is 2.42. The fourth-order valence-electron chi connectivity index (χ4n) is 6.78. The molecule has 0 bridgehead atoms. The van der Waals surface area contributed by atoms with E-state index in [1.54, 1.807) is 0 Å². The van der Waals surface area contributed by atoms with E-state index in [1.807, 2.05) is 30.3 Å². The van der Waals surface area contributed by atoms with Gasteiger partial charge in [-0.25, -0.2) is 0 Å². The molecule has 0 spiro atoms. The first-order valence-corrected chi connectivity index (χ1v) is 14.4. The quantitative estimate of drug-likeness (QED) is 0.214. The average Bonchev–Trinajstić information content (AvgIpc) is 3.69. The summed E-state index contributed by atoms with van der Waals surface area (Å²) in [5, 5.41) is 16.7. The zero-order chi connectivity index (χ0) is 28.8. The summed E-state index contributed by atoms with van der Waals surface area (Å²) in [6, 6.07) is 40.2. The smallest absolute Gasteiger partial charge is 0.159 e. The number of hydrogen-bond donors (Lipinski definition) is 0. The minimum Gasteiger partial charge on any atom is -0.455 e. The van der Waals surface area contributed by atoms with Crippen LogP contribution in [0.1, 0.15) is 16.7 Å². The first kappa shape index (κ1) is 23.9. The fraction of sp³-hybridized carbons (Fsp3) is 0.0513. The number of rotatable bonds is 2. The van der Waals surface area contributed by atoms with Crippen molar-refractivity contribution in [2.24, 2.45) is 0 Å². The molecule has 202 valence electrons. The Labute approximate surface area is 246 Å². The molecule has 4 nitrogen and oxygen atoms in total. The molecule has 0 aliphatic heterocycles. The summed E-state index contributed by atoms with van der Waals surface area (Å²) >= 11 is 0. The molecule has 3 aromatic heterocycles. The third-order valence-corrected chi connectivity index (χ3v) is 8.73. The van der Waals surface area contributed by atoms with Gasteiger partial charge in [-0.2, -0.15) is 5.26 Å². The summed E-state index contributed by atoms with van der Waals surface area (Å²) in [5.41, 5.74) is 11.0. The second kappa shape index (κ2) is 8.61. The molecule has 0 radical (unpaired) electrons. The summed E-state index contributed by atoms with van der Waals surface area (Å²) in [6.07, 6.45) is 0. The Morgan fingerprint density at radius 1 is 0.558 bits per heavy atom. The Hall–Kier alpha value is -5.79. The number of nitrogens with zero attached hydrogens (tertiary/aromatic N) is 2. The monoisotopic (exact) mass is 552 g/mol. The molecule has 9 aromatic rings. The molecule has 0 aliphatic rings. The Bertz CT molecular complexity index is 2660. The summed E-state index contributed by atoms with van der Waals surface area (Å²) in [5.74, 6) is 0. The number of para-hydroxylation sites is 3. The molecule has 3 heterocycles. The second-order valence-corrected chi connectivity index (χ2v) is 11.4. The van der Waals surface area contributed by atoms with Crippen LogP contribution in [0.2, 0.25) is 0 Å². The van der Waals surface area contributed by atoms with Crippen molar-refractivity contribution in [3.63, 3.8) is 0 Å². The van der Waals surface area contributed by atoms with Gasteiger partial charge in [0.05, 0.1) is 22.3 Å². The lowest BCUT2D eigenvalue weighted by atomic mass is 9.98. The van der Waals surface area contributed by atoms with E-state index in [2.05, 4.69) is 103 Å². The first-order chi connectivity index (χ1) is 21.1. The van der Waals surface area contributed by atoms with Gasteiger partial charge in [0.2, 0.25) is 0 Å². The zero-order valence-electron chi connectivity index (χ0n) is 23.6. The van der Waals surface area contributed by atoms with Gasteiger partial charge in [-0.1, -0.05) is 72.3 Å². The van der Waals surface area contributed by atoms with Crippen LogP contribution in [0.25, 0.3) is 82.5 Å². The standard InChI is InChI=1S/C39H24N2O2/c1-22-14-16-33-31(17-22)27-15-13-23(2)18-35(27)41(33)34-11-6-10-30-32-20-24(19-25(21-40)37(32)43-39(30)34)26-8-5-9-29-28-7-3-4-12-36(28)42-38(26)29/h3-20H,1-2H3. The van der Waals surface area contributed by atoms with Crippen LogP contribution in [0.15, 0.2) is 118 Å². The first-order valence-electron chi connectivity index (χ1n) is 14.4. The van der Waals surface area contributed by atoms with Gasteiger partial charge >= 0.3 is 0 Å². The molecule has 0 aliphatic carbocycles. The van der Waals surface area contributed by atoms with Crippen molar-refractivity contribution in [2.75, 3.05) is 0 Å². The Balaban J connectivity index is 1.35. The van der Waals surface area contributed by atoms with Crippen LogP contribution in [0.3, 0.4) is 0 Å². The predicted octanol–water partition coefficient (Wildman–Crippen LogP) is 10.7. The lowest BCUT2D eigenvalue weighted by molar-refractivity contribution is 0.665. The number of aryl methyl sites for hydroxylation is 2. The number of aromatic nitrogens is 1. The van der Waals surface area contributed by atoms with Gasteiger partial charge in [0, 0.05) is 37.9 Å². The summed E-state index contributed by atoms with van der Waals surface area (Å²) in [7, 11) is 0. The maximum absolute atomic E-state index is 10.3. The fourth-order valence-corrected chi connectivity index (χ4v) is 6.78. The highest BCUT2D eigenvalue weighted by molar-refractivity contribution is 6.15. The number of benzene rings is 6. The Morgan fingerprint density at radius 3 is 2.21 bits per heavy atom. The maximum Gasteiger partial charge on any atom is 0.159 e. The van der Waals surface area contributed by atoms with Gasteiger partial charge in [0.25, 0.3) is 0 Å². The zero-order valence-corrected chi connectivity index (χ0v) is 23.6. The molecule has 0 N–H and O–H groups in total. The molecule has 0 fully saturated rings. The summed E-state index contributed by atoms with van der Waals surface area (Å²) < 4.78 is 15.3. The molecule has 6 aromatic carbocycles. The van der Waals surface area contributed by atoms with Crippen molar-refractivity contribution in [1.82, 2.24) is 4.57 Å². The van der Waals surface area contributed by atoms with Crippen molar-refractivity contribution < 1.29 is 8.83 Å². The van der Waals surface area contributed by atoms with Crippen LogP contribution in [0.4, 0.5) is 0 Å². The van der Waals surface area contributed by atoms with Crippen molar-refractivity contribution in [3.05, 3.63) is 126 Å². The van der Waals surface area contributed by atoms with Crippen LogP contribution in [-0.4, -0.2) is 4.57 Å². The highest BCUT2D eigenvalue weighted by Gasteiger charge is 2.21. The van der Waals surface area contributed by atoms with Crippen molar-refractivity contribution in [1.29, 1.82) is 5.26 Å². The van der Waals surface area contributed by atoms with E-state index in [0.29, 0.717) is 11.1 Å². The summed E-state index contributed by atoms with van der Waals surface area (Å²) in [4.78, 5) is 0. The SMILES string of the molecule is Cc1ccc2c(c1)c1ccc(C)cc1n2-c1cccc2c1oc1c(C#N)cc(-c3cccc4c3oc3ccccc34)cc12. The summed E-state index contributed by atoms with van der Waals surface area (Å²) in [6.45, 7) is 4.25. The molecule has 0 saturated carbocycles. The molecule has 9 rings (SSSR count). The lowest BCUT2D eigenvalue weighted by Crippen LogP contribution is -1.94. The van der Waals surface area contributed by atoms with E-state index < -0.39 is 0 Å². The van der Waals surface area contributed by atoms with E-state index >= 15 is 0 Å². The van der Waals surface area contributed by atoms with Crippen LogP contribution in [-0.2, 0) is 0 Å². The van der Waals surface area contributed by atoms with Crippen LogP contribution >= 0.6 is 0 Å². The molecular formula is C39H24N2O2. The van der Waals surface area contributed by atoms with E-state index in [1.165, 1.54) is 21.9 Å². The van der Waals surface area contributed by atoms with Gasteiger partial charge < -0.3 is 13.4 Å². The van der Waals surface area contributed by atoms with Crippen molar-refractivity contribution in [3.8, 4) is 22.9 Å². The molecule has 0 unspecified atom stereocenters. The van der Waals surface area contributed by atoms with Gasteiger partial charge in [-0.05, 0) is 67.4 Å². The Kier molecular flexibility index (Phi) is 4.78. The molecule has 0 saturated heterocycles. The molecule has 43 heavy (non-hydrogen) atoms. The molecule has 0 amide bonds. The maximum atomic E-state index is 10.3. The minimum absolute atomic E-state index is 0.497. The lowest BCUT2D eigenvalue weighted by Gasteiger charge is -2.09. The second-order valence-electron chi connectivity index (χ2n) is 11.4. The highest BCUT2D eigenvalue weighted by atomic mass is 16.3. The molecule has 4 heteroatoms. The normalized spacial score (nSPS) is 11.9. The van der Waals surface area contributed by atoms with Crippen molar-refractivity contribution >= 4 is 65.7 Å². The van der Waals surface area contributed by atoms with Crippen LogP contribution in [0, 0.1) is 25.2 Å². The topological polar surface area (TPSA) is 55.0 Å². The van der Waals surface area contributed by atoms with Crippen LogP contribution in [0.5, 0.6) is 0 Å². The van der Waals surface area contributed by atoms with Gasteiger partial charge in [-0.15, -0.1) is 0 Å². The van der Waals surface area contributed by atoms with E-state index in [0.717, 1.165) is 66.1 Å². The number of hydrogen-bond acceptors (Lipinski definition) is 3. The number of nitriles is 1. The van der Waals surface area contributed by atoms with Gasteiger partial charge in [0.1, 0.15) is 17.2 Å². The average molecular weight is 553 g/mol. The molecule has 0 atom stereocenters. The minimum atomic E-state index is 0.497. The molecular weight excluding hydrogens is 528 g/mol. The predicted molar refractivity (Wildman–Crippen MR) is 175 cm³/mol. The number of fused-ring (bicyclic) bond motifs is 9.